The molecule has 18 heavy (non-hydrogen) atoms. The number of hydrogen-bond donors (Lipinski definition) is 1. The van der Waals surface area contributed by atoms with Crippen molar-refractivity contribution < 1.29 is 14.6 Å². The second-order valence-electron chi connectivity index (χ2n) is 4.50. The first-order valence-corrected chi connectivity index (χ1v) is 6.65. The predicted molar refractivity (Wildman–Crippen MR) is 71.0 cm³/mol. The van der Waals surface area contributed by atoms with E-state index in [4.69, 9.17) is 33.0 Å². The van der Waals surface area contributed by atoms with Gasteiger partial charge in [0, 0.05) is 0 Å². The molecule has 1 aliphatic rings. The summed E-state index contributed by atoms with van der Waals surface area (Å²) in [4.78, 5) is 11.0. The quantitative estimate of drug-likeness (QED) is 0.901. The number of aromatic carboxylic acids is 1. The summed E-state index contributed by atoms with van der Waals surface area (Å²) in [5.41, 5.74) is 0.602. The van der Waals surface area contributed by atoms with Crippen LogP contribution in [0.15, 0.2) is 6.07 Å². The van der Waals surface area contributed by atoms with Crippen molar-refractivity contribution in [2.45, 2.75) is 38.7 Å². The van der Waals surface area contributed by atoms with Crippen LogP contribution in [0.3, 0.4) is 0 Å². The molecular formula is C13H14Cl2O3. The molecule has 1 aromatic carbocycles. The zero-order valence-electron chi connectivity index (χ0n) is 10.0. The van der Waals surface area contributed by atoms with Crippen LogP contribution in [0, 0.1) is 6.92 Å². The van der Waals surface area contributed by atoms with Crippen LogP contribution >= 0.6 is 23.2 Å². The van der Waals surface area contributed by atoms with Crippen LogP contribution in [0.1, 0.15) is 41.6 Å². The van der Waals surface area contributed by atoms with E-state index < -0.39 is 5.97 Å². The van der Waals surface area contributed by atoms with E-state index in [1.54, 1.807) is 6.92 Å². The van der Waals surface area contributed by atoms with Crippen LogP contribution in [-0.2, 0) is 0 Å². The van der Waals surface area contributed by atoms with Crippen molar-refractivity contribution in [3.05, 3.63) is 27.2 Å². The molecule has 1 saturated carbocycles. The van der Waals surface area contributed by atoms with Gasteiger partial charge in [-0.05, 0) is 44.2 Å². The van der Waals surface area contributed by atoms with E-state index in [1.807, 2.05) is 0 Å². The number of ether oxygens (including phenoxy) is 1. The van der Waals surface area contributed by atoms with E-state index in [2.05, 4.69) is 0 Å². The minimum Gasteiger partial charge on any atom is -0.487 e. The number of benzene rings is 1. The third-order valence-corrected chi connectivity index (χ3v) is 3.97. The number of carboxylic acid groups (broad SMARTS) is 1. The van der Waals surface area contributed by atoms with Crippen molar-refractivity contribution in [3.8, 4) is 5.75 Å². The van der Waals surface area contributed by atoms with E-state index >= 15 is 0 Å². The Morgan fingerprint density at radius 1 is 1.39 bits per heavy atom. The molecule has 0 radical (unpaired) electrons. The van der Waals surface area contributed by atoms with Gasteiger partial charge in [0.05, 0.1) is 21.7 Å². The Balaban J connectivity index is 2.35. The van der Waals surface area contributed by atoms with Gasteiger partial charge in [0.1, 0.15) is 0 Å². The summed E-state index contributed by atoms with van der Waals surface area (Å²) in [6.45, 7) is 1.66. The van der Waals surface area contributed by atoms with Gasteiger partial charge >= 0.3 is 5.97 Å². The third kappa shape index (κ3) is 2.57. The molecule has 3 nitrogen and oxygen atoms in total. The van der Waals surface area contributed by atoms with Crippen LogP contribution in [0.2, 0.25) is 10.0 Å². The number of carbonyl (C=O) groups is 1. The van der Waals surface area contributed by atoms with Crippen LogP contribution < -0.4 is 4.74 Å². The predicted octanol–water partition coefficient (Wildman–Crippen LogP) is 4.32. The monoisotopic (exact) mass is 288 g/mol. The summed E-state index contributed by atoms with van der Waals surface area (Å²) in [6, 6.07) is 1.40. The number of hydrogen-bond acceptors (Lipinski definition) is 2. The Kier molecular flexibility index (Phi) is 4.03. The van der Waals surface area contributed by atoms with Gasteiger partial charge in [0.2, 0.25) is 0 Å². The van der Waals surface area contributed by atoms with Gasteiger partial charge in [-0.15, -0.1) is 0 Å². The SMILES string of the molecule is Cc1c(C(=O)O)cc(Cl)c(OC2CCCC2)c1Cl. The van der Waals surface area contributed by atoms with Crippen molar-refractivity contribution in [1.82, 2.24) is 0 Å². The van der Waals surface area contributed by atoms with Gasteiger partial charge in [0.25, 0.3) is 0 Å². The van der Waals surface area contributed by atoms with E-state index in [0.717, 1.165) is 25.7 Å². The lowest BCUT2D eigenvalue weighted by atomic mass is 10.1. The molecule has 0 unspecified atom stereocenters. The molecule has 98 valence electrons. The summed E-state index contributed by atoms with van der Waals surface area (Å²) >= 11 is 12.2. The van der Waals surface area contributed by atoms with Crippen molar-refractivity contribution in [2.24, 2.45) is 0 Å². The van der Waals surface area contributed by atoms with Gasteiger partial charge in [0.15, 0.2) is 5.75 Å². The molecule has 0 heterocycles. The minimum atomic E-state index is -1.04. The van der Waals surface area contributed by atoms with Crippen molar-refractivity contribution >= 4 is 29.2 Å². The van der Waals surface area contributed by atoms with Crippen molar-refractivity contribution in [2.75, 3.05) is 0 Å². The Hall–Kier alpha value is -0.930. The lowest BCUT2D eigenvalue weighted by Gasteiger charge is -2.17. The lowest BCUT2D eigenvalue weighted by Crippen LogP contribution is -2.12. The fourth-order valence-electron chi connectivity index (χ4n) is 2.20. The first-order valence-electron chi connectivity index (χ1n) is 5.89. The molecule has 0 bridgehead atoms. The van der Waals surface area contributed by atoms with Gasteiger partial charge in [-0.1, -0.05) is 23.2 Å². The Bertz CT molecular complexity index is 480. The molecule has 1 fully saturated rings. The molecule has 0 aromatic heterocycles. The van der Waals surface area contributed by atoms with Crippen LogP contribution in [0.4, 0.5) is 0 Å². The molecular weight excluding hydrogens is 275 g/mol. The molecule has 1 N–H and O–H groups in total. The molecule has 0 spiro atoms. The molecule has 0 aliphatic heterocycles. The second kappa shape index (κ2) is 5.37. The Labute approximate surface area is 116 Å². The standard InChI is InChI=1S/C13H14Cl2O3/c1-7-9(13(16)17)6-10(14)12(11(7)15)18-8-4-2-3-5-8/h6,8H,2-5H2,1H3,(H,16,17). The Morgan fingerprint density at radius 3 is 2.56 bits per heavy atom. The number of carboxylic acids is 1. The summed E-state index contributed by atoms with van der Waals surface area (Å²) in [6.07, 6.45) is 4.41. The molecule has 0 atom stereocenters. The Morgan fingerprint density at radius 2 is 2.00 bits per heavy atom. The average Bonchev–Trinajstić information content (AvgIpc) is 2.81. The minimum absolute atomic E-state index is 0.115. The second-order valence-corrected chi connectivity index (χ2v) is 5.29. The third-order valence-electron chi connectivity index (χ3n) is 3.24. The highest BCUT2D eigenvalue weighted by Crippen LogP contribution is 2.39. The summed E-state index contributed by atoms with van der Waals surface area (Å²) in [5.74, 6) is -0.628. The maximum absolute atomic E-state index is 11.0. The van der Waals surface area contributed by atoms with Crippen LogP contribution in [0.25, 0.3) is 0 Å². The maximum atomic E-state index is 11.0. The highest BCUT2D eigenvalue weighted by molar-refractivity contribution is 6.38. The molecule has 0 amide bonds. The van der Waals surface area contributed by atoms with Crippen LogP contribution in [0.5, 0.6) is 5.75 Å². The van der Waals surface area contributed by atoms with E-state index in [1.165, 1.54) is 6.07 Å². The number of rotatable bonds is 3. The topological polar surface area (TPSA) is 46.5 Å². The summed E-state index contributed by atoms with van der Waals surface area (Å²) in [5, 5.41) is 9.59. The average molecular weight is 289 g/mol. The lowest BCUT2D eigenvalue weighted by molar-refractivity contribution is 0.0696. The first kappa shape index (κ1) is 13.5. The largest absolute Gasteiger partial charge is 0.487 e. The van der Waals surface area contributed by atoms with E-state index in [-0.39, 0.29) is 16.7 Å². The normalized spacial score (nSPS) is 15.9. The first-order chi connectivity index (χ1) is 8.50. The molecule has 1 aromatic rings. The highest BCUT2D eigenvalue weighted by Gasteiger charge is 2.22. The molecule has 1 aliphatic carbocycles. The molecule has 5 heteroatoms. The van der Waals surface area contributed by atoms with Gasteiger partial charge in [-0.3, -0.25) is 0 Å². The smallest absolute Gasteiger partial charge is 0.336 e. The fourth-order valence-corrected chi connectivity index (χ4v) is 2.74. The van der Waals surface area contributed by atoms with Crippen LogP contribution in [-0.4, -0.2) is 17.2 Å². The molecule has 2 rings (SSSR count). The zero-order chi connectivity index (χ0) is 13.3. The van der Waals surface area contributed by atoms with E-state index in [9.17, 15) is 4.79 Å². The summed E-state index contributed by atoms with van der Waals surface area (Å²) < 4.78 is 5.80. The fraction of sp³-hybridized carbons (Fsp3) is 0.462. The van der Waals surface area contributed by atoms with E-state index in [0.29, 0.717) is 16.3 Å². The van der Waals surface area contributed by atoms with Crippen molar-refractivity contribution in [1.29, 1.82) is 0 Å². The maximum Gasteiger partial charge on any atom is 0.336 e. The van der Waals surface area contributed by atoms with Crippen molar-refractivity contribution in [3.63, 3.8) is 0 Å². The van der Waals surface area contributed by atoms with Gasteiger partial charge in [-0.25, -0.2) is 4.79 Å². The summed E-state index contributed by atoms with van der Waals surface area (Å²) in [7, 11) is 0. The zero-order valence-corrected chi connectivity index (χ0v) is 11.5. The number of halogens is 2. The highest BCUT2D eigenvalue weighted by atomic mass is 35.5. The van der Waals surface area contributed by atoms with Gasteiger partial charge < -0.3 is 9.84 Å². The molecule has 0 saturated heterocycles. The van der Waals surface area contributed by atoms with Gasteiger partial charge in [-0.2, -0.15) is 0 Å².